The van der Waals surface area contributed by atoms with Crippen molar-refractivity contribution in [3.8, 4) is 0 Å². The smallest absolute Gasteiger partial charge is 0.335 e. The van der Waals surface area contributed by atoms with Crippen LogP contribution >= 0.6 is 0 Å². The molecule has 1 atom stereocenters. The maximum atomic E-state index is 11.8. The normalized spacial score (nSPS) is 11.7. The summed E-state index contributed by atoms with van der Waals surface area (Å²) in [5.41, 5.74) is 0.135. The number of hydrogen-bond acceptors (Lipinski definition) is 4. The number of aromatic carboxylic acids is 1. The lowest BCUT2D eigenvalue weighted by molar-refractivity contribution is -0.130. The Labute approximate surface area is 106 Å². The summed E-state index contributed by atoms with van der Waals surface area (Å²) in [4.78, 5) is 28.2. The Morgan fingerprint density at radius 2 is 2.22 bits per heavy atom. The second-order valence-corrected chi connectivity index (χ2v) is 3.95. The van der Waals surface area contributed by atoms with E-state index in [1.165, 1.54) is 18.3 Å². The van der Waals surface area contributed by atoms with Crippen LogP contribution in [0.1, 0.15) is 24.2 Å². The second-order valence-electron chi connectivity index (χ2n) is 3.95. The Morgan fingerprint density at radius 3 is 2.78 bits per heavy atom. The molecule has 0 fully saturated rings. The van der Waals surface area contributed by atoms with Gasteiger partial charge in [0.2, 0.25) is 5.91 Å². The van der Waals surface area contributed by atoms with Crippen molar-refractivity contribution in [1.29, 1.82) is 0 Å². The predicted molar refractivity (Wildman–Crippen MR) is 67.6 cm³/mol. The molecule has 0 spiro atoms. The van der Waals surface area contributed by atoms with Crippen LogP contribution in [0.2, 0.25) is 0 Å². The van der Waals surface area contributed by atoms with Crippen molar-refractivity contribution in [2.24, 2.45) is 0 Å². The fourth-order valence-electron chi connectivity index (χ4n) is 1.41. The number of carbonyl (C=O) groups is 2. The molecule has 1 heterocycles. The van der Waals surface area contributed by atoms with Crippen molar-refractivity contribution in [3.05, 3.63) is 23.9 Å². The second kappa shape index (κ2) is 6.00. The molecule has 6 nitrogen and oxygen atoms in total. The van der Waals surface area contributed by atoms with Gasteiger partial charge in [0.15, 0.2) is 0 Å². The summed E-state index contributed by atoms with van der Waals surface area (Å²) in [6.45, 7) is 4.21. The lowest BCUT2D eigenvalue weighted by Gasteiger charge is -2.20. The Balaban J connectivity index is 2.75. The van der Waals surface area contributed by atoms with Crippen LogP contribution in [-0.2, 0) is 4.79 Å². The third kappa shape index (κ3) is 3.44. The predicted octanol–water partition coefficient (Wildman–Crippen LogP) is 1.06. The highest BCUT2D eigenvalue weighted by Gasteiger charge is 2.16. The highest BCUT2D eigenvalue weighted by atomic mass is 16.4. The molecule has 1 rings (SSSR count). The van der Waals surface area contributed by atoms with E-state index in [4.69, 9.17) is 5.11 Å². The number of rotatable bonds is 5. The minimum Gasteiger partial charge on any atom is -0.478 e. The van der Waals surface area contributed by atoms with E-state index in [9.17, 15) is 9.59 Å². The summed E-state index contributed by atoms with van der Waals surface area (Å²) in [5, 5.41) is 11.7. The van der Waals surface area contributed by atoms with Gasteiger partial charge in [0.25, 0.3) is 0 Å². The maximum Gasteiger partial charge on any atom is 0.335 e. The van der Waals surface area contributed by atoms with E-state index >= 15 is 0 Å². The van der Waals surface area contributed by atoms with E-state index in [2.05, 4.69) is 10.3 Å². The maximum absolute atomic E-state index is 11.8. The number of amides is 1. The SMILES string of the molecule is CCN(C)C(=O)C(C)Nc1cc(C(=O)O)ccn1. The molecule has 1 aromatic rings. The summed E-state index contributed by atoms with van der Waals surface area (Å²) in [6.07, 6.45) is 1.40. The van der Waals surface area contributed by atoms with Crippen molar-refractivity contribution in [2.75, 3.05) is 18.9 Å². The summed E-state index contributed by atoms with van der Waals surface area (Å²) in [6, 6.07) is 2.35. The van der Waals surface area contributed by atoms with Crippen LogP contribution < -0.4 is 5.32 Å². The van der Waals surface area contributed by atoms with E-state index in [1.807, 2.05) is 6.92 Å². The topological polar surface area (TPSA) is 82.5 Å². The Kier molecular flexibility index (Phi) is 4.65. The molecule has 1 aromatic heterocycles. The van der Waals surface area contributed by atoms with E-state index in [0.717, 1.165) is 0 Å². The van der Waals surface area contributed by atoms with Gasteiger partial charge in [-0.1, -0.05) is 0 Å². The van der Waals surface area contributed by atoms with Gasteiger partial charge in [0.1, 0.15) is 11.9 Å². The summed E-state index contributed by atoms with van der Waals surface area (Å²) >= 11 is 0. The number of carboxylic acids is 1. The number of nitrogens with one attached hydrogen (secondary N) is 1. The molecule has 0 aliphatic rings. The number of anilines is 1. The molecule has 0 bridgehead atoms. The lowest BCUT2D eigenvalue weighted by Crippen LogP contribution is -2.39. The third-order valence-corrected chi connectivity index (χ3v) is 2.59. The molecule has 0 saturated carbocycles. The highest BCUT2D eigenvalue weighted by molar-refractivity contribution is 5.89. The molecular weight excluding hydrogens is 234 g/mol. The number of aromatic nitrogens is 1. The number of carbonyl (C=O) groups excluding carboxylic acids is 1. The van der Waals surface area contributed by atoms with E-state index < -0.39 is 12.0 Å². The van der Waals surface area contributed by atoms with Gasteiger partial charge in [-0.2, -0.15) is 0 Å². The van der Waals surface area contributed by atoms with Crippen LogP contribution in [0.15, 0.2) is 18.3 Å². The minimum atomic E-state index is -1.02. The Morgan fingerprint density at radius 1 is 1.56 bits per heavy atom. The van der Waals surface area contributed by atoms with Crippen LogP contribution in [0.5, 0.6) is 0 Å². The summed E-state index contributed by atoms with van der Waals surface area (Å²) in [7, 11) is 1.71. The number of likely N-dealkylation sites (N-methyl/N-ethyl adjacent to an activating group) is 1. The summed E-state index contributed by atoms with van der Waals surface area (Å²) < 4.78 is 0. The average Bonchev–Trinajstić information content (AvgIpc) is 2.37. The van der Waals surface area contributed by atoms with Crippen LogP contribution in [0, 0.1) is 0 Å². The van der Waals surface area contributed by atoms with Crippen LogP contribution in [0.3, 0.4) is 0 Å². The van der Waals surface area contributed by atoms with Gasteiger partial charge < -0.3 is 15.3 Å². The van der Waals surface area contributed by atoms with Gasteiger partial charge in [-0.15, -0.1) is 0 Å². The largest absolute Gasteiger partial charge is 0.478 e. The summed E-state index contributed by atoms with van der Waals surface area (Å²) in [5.74, 6) is -0.717. The zero-order valence-electron chi connectivity index (χ0n) is 10.7. The zero-order chi connectivity index (χ0) is 13.7. The standard InChI is InChI=1S/C12H17N3O3/c1-4-15(3)11(16)8(2)14-10-7-9(12(17)18)5-6-13-10/h5-8H,4H2,1-3H3,(H,13,14)(H,17,18). The molecular formula is C12H17N3O3. The first-order valence-electron chi connectivity index (χ1n) is 5.66. The van der Waals surface area contributed by atoms with Crippen LogP contribution in [-0.4, -0.2) is 46.5 Å². The van der Waals surface area contributed by atoms with Crippen molar-refractivity contribution in [2.45, 2.75) is 19.9 Å². The molecule has 1 amide bonds. The zero-order valence-corrected chi connectivity index (χ0v) is 10.7. The molecule has 18 heavy (non-hydrogen) atoms. The minimum absolute atomic E-state index is 0.0694. The van der Waals surface area contributed by atoms with Crippen LogP contribution in [0.4, 0.5) is 5.82 Å². The van der Waals surface area contributed by atoms with Crippen LogP contribution in [0.25, 0.3) is 0 Å². The number of pyridine rings is 1. The third-order valence-electron chi connectivity index (χ3n) is 2.59. The van der Waals surface area contributed by atoms with Gasteiger partial charge in [-0.25, -0.2) is 9.78 Å². The fraction of sp³-hybridized carbons (Fsp3) is 0.417. The lowest BCUT2D eigenvalue weighted by atomic mass is 10.2. The van der Waals surface area contributed by atoms with Crippen molar-refractivity contribution < 1.29 is 14.7 Å². The van der Waals surface area contributed by atoms with Crippen molar-refractivity contribution in [1.82, 2.24) is 9.88 Å². The molecule has 2 N–H and O–H groups in total. The van der Waals surface area contributed by atoms with Gasteiger partial charge in [-0.3, -0.25) is 4.79 Å². The molecule has 0 aliphatic carbocycles. The molecule has 0 saturated heterocycles. The molecule has 1 unspecified atom stereocenters. The first-order valence-corrected chi connectivity index (χ1v) is 5.66. The van der Waals surface area contributed by atoms with E-state index in [-0.39, 0.29) is 11.5 Å². The molecule has 0 aliphatic heterocycles. The Bertz CT molecular complexity index is 448. The van der Waals surface area contributed by atoms with Gasteiger partial charge in [-0.05, 0) is 26.0 Å². The fourth-order valence-corrected chi connectivity index (χ4v) is 1.41. The number of carboxylic acid groups (broad SMARTS) is 1. The van der Waals surface area contributed by atoms with Gasteiger partial charge in [0, 0.05) is 19.8 Å². The monoisotopic (exact) mass is 251 g/mol. The quantitative estimate of drug-likeness (QED) is 0.817. The van der Waals surface area contributed by atoms with Crippen molar-refractivity contribution in [3.63, 3.8) is 0 Å². The number of hydrogen-bond donors (Lipinski definition) is 2. The van der Waals surface area contributed by atoms with E-state index in [0.29, 0.717) is 12.4 Å². The van der Waals surface area contributed by atoms with Crippen molar-refractivity contribution >= 4 is 17.7 Å². The van der Waals surface area contributed by atoms with Gasteiger partial charge >= 0.3 is 5.97 Å². The Hall–Kier alpha value is -2.11. The first kappa shape index (κ1) is 14.0. The molecule has 6 heteroatoms. The van der Waals surface area contributed by atoms with E-state index in [1.54, 1.807) is 18.9 Å². The molecule has 0 aromatic carbocycles. The molecule has 98 valence electrons. The average molecular weight is 251 g/mol. The molecule has 0 radical (unpaired) electrons. The highest BCUT2D eigenvalue weighted by Crippen LogP contribution is 2.09. The number of nitrogens with zero attached hydrogens (tertiary/aromatic N) is 2. The van der Waals surface area contributed by atoms with Gasteiger partial charge in [0.05, 0.1) is 5.56 Å². The first-order chi connectivity index (χ1) is 8.45.